The Bertz CT molecular complexity index is 3010. The van der Waals surface area contributed by atoms with Crippen LogP contribution in [0.15, 0.2) is 164 Å². The number of hydrogen-bond donors (Lipinski definition) is 0. The largest absolute Gasteiger partial charge is 2.00 e. The van der Waals surface area contributed by atoms with Crippen molar-refractivity contribution in [1.29, 1.82) is 0 Å². The van der Waals surface area contributed by atoms with E-state index in [0.717, 1.165) is 73.2 Å². The maximum atomic E-state index is 6.40. The van der Waals surface area contributed by atoms with Crippen LogP contribution in [0.25, 0.3) is 28.1 Å². The van der Waals surface area contributed by atoms with Gasteiger partial charge < -0.3 is 19.1 Å². The number of rotatable bonds is 6. The number of anilines is 6. The van der Waals surface area contributed by atoms with E-state index in [2.05, 4.69) is 186 Å². The molecule has 0 spiro atoms. The summed E-state index contributed by atoms with van der Waals surface area (Å²) in [6, 6.07) is 62.9. The third-order valence-corrected chi connectivity index (χ3v) is 11.3. The Morgan fingerprint density at radius 1 is 0.576 bits per heavy atom. The van der Waals surface area contributed by atoms with E-state index in [4.69, 9.17) is 9.72 Å². The topological polar surface area (TPSA) is 46.4 Å². The fourth-order valence-corrected chi connectivity index (χ4v) is 9.11. The van der Waals surface area contributed by atoms with Gasteiger partial charge in [-0.15, -0.1) is 47.4 Å². The number of hydrogen-bond acceptors (Lipinski definition) is 5. The van der Waals surface area contributed by atoms with E-state index in [1.54, 1.807) is 6.20 Å². The van der Waals surface area contributed by atoms with Crippen molar-refractivity contribution in [3.8, 4) is 28.7 Å². The van der Waals surface area contributed by atoms with Crippen LogP contribution in [0.1, 0.15) is 16.7 Å². The summed E-state index contributed by atoms with van der Waals surface area (Å²) in [4.78, 5) is 14.5. The first kappa shape index (κ1) is 36.6. The number of imidazole rings is 1. The van der Waals surface area contributed by atoms with Crippen molar-refractivity contribution in [3.05, 3.63) is 193 Å². The molecular weight excluding hydrogens is 904 g/mol. The average molecular weight is 941 g/mol. The molecule has 0 N–H and O–H groups in total. The van der Waals surface area contributed by atoms with Gasteiger partial charge in [-0.25, -0.2) is 4.98 Å². The number of aryl methyl sites for hydroxylation is 3. The normalized spacial score (nSPS) is 12.4. The number of pyridine rings is 1. The quantitative estimate of drug-likeness (QED) is 0.123. The molecule has 0 saturated carbocycles. The molecule has 9 aromatic rings. The second-order valence-electron chi connectivity index (χ2n) is 15.1. The van der Waals surface area contributed by atoms with Crippen molar-refractivity contribution in [3.63, 3.8) is 0 Å². The van der Waals surface area contributed by atoms with Gasteiger partial charge in [0.15, 0.2) is 0 Å². The second-order valence-corrected chi connectivity index (χ2v) is 15.1. The van der Waals surface area contributed by atoms with Gasteiger partial charge in [-0.3, -0.25) is 4.98 Å². The molecule has 0 saturated heterocycles. The molecule has 6 nitrogen and oxygen atoms in total. The predicted octanol–water partition coefficient (Wildman–Crippen LogP) is 10.5. The molecule has 0 radical (unpaired) electrons. The first-order valence-electron chi connectivity index (χ1n) is 19.6. The van der Waals surface area contributed by atoms with Crippen LogP contribution in [0, 0.1) is 32.9 Å². The minimum atomic E-state index is -0.232. The van der Waals surface area contributed by atoms with Crippen LogP contribution in [-0.4, -0.2) is 21.2 Å². The minimum Gasteiger partial charge on any atom is -0.466 e. The standard InChI is InChI=1S/C51H36BN5O.Pt/c1-33-29-34(2)50(35(3)30-33)57-45-20-11-10-19-42(45)54-51(57)36-24-26-43-40(31-36)52-41-32-39(58-48-23-12-13-28-53-48)25-27-44(41)56(38-17-8-5-9-18-38)47-22-14-21-46(49(47)52)55(43)37-15-6-4-7-16-37;/h4-30H,1-3H3;/q-2;+2. The van der Waals surface area contributed by atoms with Crippen molar-refractivity contribution in [2.24, 2.45) is 0 Å². The number of nitrogens with zero attached hydrogens (tertiary/aromatic N) is 5. The Morgan fingerprint density at radius 3 is 1.85 bits per heavy atom. The molecule has 0 bridgehead atoms. The van der Waals surface area contributed by atoms with E-state index >= 15 is 0 Å². The molecule has 0 fully saturated rings. The third kappa shape index (κ3) is 5.99. The molecule has 2 aromatic heterocycles. The van der Waals surface area contributed by atoms with Crippen molar-refractivity contribution in [2.75, 3.05) is 9.80 Å². The van der Waals surface area contributed by atoms with Gasteiger partial charge in [-0.1, -0.05) is 84.0 Å². The third-order valence-electron chi connectivity index (χ3n) is 11.3. The number of fused-ring (bicyclic) bond motifs is 5. The van der Waals surface area contributed by atoms with Crippen molar-refractivity contribution in [1.82, 2.24) is 14.5 Å². The van der Waals surface area contributed by atoms with Crippen molar-refractivity contribution < 1.29 is 25.8 Å². The molecule has 284 valence electrons. The maximum absolute atomic E-state index is 6.40. The smallest absolute Gasteiger partial charge is 0.466 e. The summed E-state index contributed by atoms with van der Waals surface area (Å²) in [6.45, 7) is 6.31. The van der Waals surface area contributed by atoms with E-state index in [-0.39, 0.29) is 27.8 Å². The summed E-state index contributed by atoms with van der Waals surface area (Å²) in [5.41, 5.74) is 17.3. The molecule has 0 unspecified atom stereocenters. The molecule has 11 rings (SSSR count). The summed E-state index contributed by atoms with van der Waals surface area (Å²) in [6.07, 6.45) is 1.74. The molecule has 2 aliphatic heterocycles. The molecule has 0 amide bonds. The van der Waals surface area contributed by atoms with Crippen LogP contribution >= 0.6 is 0 Å². The monoisotopic (exact) mass is 940 g/mol. The predicted molar refractivity (Wildman–Crippen MR) is 237 cm³/mol. The van der Waals surface area contributed by atoms with E-state index in [9.17, 15) is 0 Å². The molecule has 0 atom stereocenters. The minimum absolute atomic E-state index is 0. The van der Waals surface area contributed by atoms with E-state index < -0.39 is 0 Å². The van der Waals surface area contributed by atoms with Crippen molar-refractivity contribution in [2.45, 2.75) is 20.8 Å². The van der Waals surface area contributed by atoms with E-state index in [1.165, 1.54) is 22.2 Å². The zero-order valence-corrected chi connectivity index (χ0v) is 34.9. The zero-order valence-electron chi connectivity index (χ0n) is 32.6. The molecule has 7 aromatic carbocycles. The fourth-order valence-electron chi connectivity index (χ4n) is 9.11. The fraction of sp³-hybridized carbons (Fsp3) is 0.0588. The second kappa shape index (κ2) is 14.6. The van der Waals surface area contributed by atoms with Gasteiger partial charge >= 0.3 is 21.1 Å². The summed E-state index contributed by atoms with van der Waals surface area (Å²) in [5, 5.41) is 0. The van der Waals surface area contributed by atoms with Gasteiger partial charge in [0.05, 0.1) is 16.9 Å². The van der Waals surface area contributed by atoms with Gasteiger partial charge in [0.25, 0.3) is 0 Å². The van der Waals surface area contributed by atoms with Crippen LogP contribution in [0.5, 0.6) is 11.6 Å². The summed E-state index contributed by atoms with van der Waals surface area (Å²) in [7, 11) is 0. The van der Waals surface area contributed by atoms with E-state index in [1.807, 2.05) is 24.3 Å². The zero-order chi connectivity index (χ0) is 38.9. The maximum Gasteiger partial charge on any atom is 2.00 e. The summed E-state index contributed by atoms with van der Waals surface area (Å²) in [5.74, 6) is 1.97. The van der Waals surface area contributed by atoms with Crippen molar-refractivity contribution >= 4 is 68.3 Å². The Kier molecular flexibility index (Phi) is 9.07. The number of benzene rings is 7. The van der Waals surface area contributed by atoms with Gasteiger partial charge in [-0.2, -0.15) is 5.46 Å². The number of aromatic nitrogens is 3. The van der Waals surface area contributed by atoms with Gasteiger partial charge in [0.2, 0.25) is 12.6 Å². The van der Waals surface area contributed by atoms with Crippen LogP contribution in [0.3, 0.4) is 0 Å². The van der Waals surface area contributed by atoms with Crippen LogP contribution < -0.4 is 30.9 Å². The Morgan fingerprint density at radius 2 is 1.19 bits per heavy atom. The molecule has 59 heavy (non-hydrogen) atoms. The van der Waals surface area contributed by atoms with E-state index in [0.29, 0.717) is 11.6 Å². The summed E-state index contributed by atoms with van der Waals surface area (Å²) >= 11 is 0. The Hall–Kier alpha value is -6.69. The van der Waals surface area contributed by atoms with Gasteiger partial charge in [0.1, 0.15) is 0 Å². The van der Waals surface area contributed by atoms with Crippen LogP contribution in [0.4, 0.5) is 34.1 Å². The van der Waals surface area contributed by atoms with Crippen LogP contribution in [-0.2, 0) is 21.1 Å². The average Bonchev–Trinajstić information content (AvgIpc) is 3.63. The first-order valence-corrected chi connectivity index (χ1v) is 19.6. The van der Waals surface area contributed by atoms with Crippen LogP contribution in [0.2, 0.25) is 0 Å². The van der Waals surface area contributed by atoms with Gasteiger partial charge in [-0.05, 0) is 97.6 Å². The Labute approximate surface area is 358 Å². The molecule has 0 aliphatic carbocycles. The number of ether oxygens (including phenoxy) is 1. The molecular formula is C51H36BN5OPt. The number of para-hydroxylation sites is 4. The molecule has 8 heteroatoms. The molecule has 4 heterocycles. The SMILES string of the molecule is Cc1cc(C)c(-n2c(-c3[c-]c4c(cc3)N(c3ccccc3)c3cccc5c3B4c3[c-]c(Oc4ccccn4)ccc3N5c3ccccc3)nc3ccccc32)c(C)c1.[Pt+2]. The molecule has 2 aliphatic rings. The summed E-state index contributed by atoms with van der Waals surface area (Å²) < 4.78 is 8.72. The first-order chi connectivity index (χ1) is 28.5. The van der Waals surface area contributed by atoms with Gasteiger partial charge in [0, 0.05) is 46.4 Å². The Balaban J connectivity index is 0.00000420.